The summed E-state index contributed by atoms with van der Waals surface area (Å²) >= 11 is 11.7. The molecule has 0 unspecified atom stereocenters. The molecule has 4 nitrogen and oxygen atoms in total. The Hall–Kier alpha value is -0.520. The van der Waals surface area contributed by atoms with Crippen LogP contribution in [0, 0.1) is 0 Å². The average Bonchev–Trinajstić information content (AvgIpc) is 2.35. The number of nitrogens with two attached hydrogens (primary N) is 1. The third-order valence-electron chi connectivity index (χ3n) is 3.01. The van der Waals surface area contributed by atoms with E-state index in [2.05, 4.69) is 5.32 Å². The molecule has 0 bridgehead atoms. The van der Waals surface area contributed by atoms with Gasteiger partial charge in [0.1, 0.15) is 5.54 Å². The molecule has 1 fully saturated rings. The van der Waals surface area contributed by atoms with Crippen molar-refractivity contribution in [3.05, 3.63) is 28.2 Å². The van der Waals surface area contributed by atoms with Crippen LogP contribution in [0.4, 0.5) is 5.69 Å². The quantitative estimate of drug-likeness (QED) is 0.879. The van der Waals surface area contributed by atoms with Crippen LogP contribution >= 0.6 is 35.6 Å². The summed E-state index contributed by atoms with van der Waals surface area (Å²) in [7, 11) is 0. The van der Waals surface area contributed by atoms with Crippen LogP contribution in [0.1, 0.15) is 12.8 Å². The molecule has 0 atom stereocenters. The van der Waals surface area contributed by atoms with Crippen molar-refractivity contribution in [1.29, 1.82) is 0 Å². The molecule has 1 saturated heterocycles. The highest BCUT2D eigenvalue weighted by molar-refractivity contribution is 6.42. The zero-order chi connectivity index (χ0) is 13.2. The molecule has 1 aliphatic rings. The summed E-state index contributed by atoms with van der Waals surface area (Å²) in [5.41, 5.74) is 5.79. The molecule has 3 N–H and O–H groups in total. The predicted molar refractivity (Wildman–Crippen MR) is 79.3 cm³/mol. The fourth-order valence-corrected chi connectivity index (χ4v) is 2.09. The summed E-state index contributed by atoms with van der Waals surface area (Å²) in [5, 5.41) is 3.60. The molecular formula is C12H15Cl3N2O2. The molecule has 0 aromatic heterocycles. The minimum atomic E-state index is -0.871. The number of hydrogen-bond donors (Lipinski definition) is 2. The summed E-state index contributed by atoms with van der Waals surface area (Å²) in [6.45, 7) is 1.01. The van der Waals surface area contributed by atoms with E-state index >= 15 is 0 Å². The Labute approximate surface area is 128 Å². The smallest absolute Gasteiger partial charge is 0.244 e. The number of nitrogens with one attached hydrogen (secondary N) is 1. The number of carbonyl (C=O) groups excluding carboxylic acids is 1. The van der Waals surface area contributed by atoms with Crippen LogP contribution in [0.2, 0.25) is 10.0 Å². The standard InChI is InChI=1S/C12H14Cl2N2O2.ClH/c13-9-2-1-8(7-10(9)14)16-11(17)12(15)3-5-18-6-4-12;/h1-2,7H,3-6,15H2,(H,16,17);1H. The lowest BCUT2D eigenvalue weighted by atomic mass is 9.90. The van der Waals surface area contributed by atoms with Crippen molar-refractivity contribution >= 4 is 47.2 Å². The van der Waals surface area contributed by atoms with Gasteiger partial charge in [0, 0.05) is 18.9 Å². The maximum absolute atomic E-state index is 12.1. The van der Waals surface area contributed by atoms with Crippen LogP contribution in [-0.4, -0.2) is 24.7 Å². The molecule has 19 heavy (non-hydrogen) atoms. The number of amides is 1. The van der Waals surface area contributed by atoms with Crippen LogP contribution in [0.15, 0.2) is 18.2 Å². The van der Waals surface area contributed by atoms with E-state index in [1.54, 1.807) is 18.2 Å². The van der Waals surface area contributed by atoms with Gasteiger partial charge < -0.3 is 15.8 Å². The number of carbonyl (C=O) groups is 1. The van der Waals surface area contributed by atoms with Gasteiger partial charge in [-0.1, -0.05) is 23.2 Å². The van der Waals surface area contributed by atoms with Crippen LogP contribution in [0.25, 0.3) is 0 Å². The average molecular weight is 326 g/mol. The maximum Gasteiger partial charge on any atom is 0.244 e. The van der Waals surface area contributed by atoms with Gasteiger partial charge in [0.25, 0.3) is 0 Å². The van der Waals surface area contributed by atoms with Crippen molar-refractivity contribution in [3.63, 3.8) is 0 Å². The second-order valence-corrected chi connectivity index (χ2v) is 5.17. The van der Waals surface area contributed by atoms with Crippen molar-refractivity contribution in [3.8, 4) is 0 Å². The van der Waals surface area contributed by atoms with Gasteiger partial charge in [-0.2, -0.15) is 0 Å². The van der Waals surface area contributed by atoms with Crippen molar-refractivity contribution in [2.24, 2.45) is 5.73 Å². The number of halogens is 3. The Bertz CT molecular complexity index is 462. The third-order valence-corrected chi connectivity index (χ3v) is 3.75. The zero-order valence-corrected chi connectivity index (χ0v) is 12.4. The fourth-order valence-electron chi connectivity index (χ4n) is 1.79. The second kappa shape index (κ2) is 6.77. The van der Waals surface area contributed by atoms with Gasteiger partial charge in [-0.05, 0) is 31.0 Å². The Balaban J connectivity index is 0.00000180. The van der Waals surface area contributed by atoms with E-state index in [0.717, 1.165) is 0 Å². The van der Waals surface area contributed by atoms with Crippen LogP contribution < -0.4 is 11.1 Å². The molecule has 0 aliphatic carbocycles. The Morgan fingerprint density at radius 3 is 2.47 bits per heavy atom. The van der Waals surface area contributed by atoms with Crippen molar-refractivity contribution in [2.75, 3.05) is 18.5 Å². The highest BCUT2D eigenvalue weighted by Crippen LogP contribution is 2.26. The summed E-state index contributed by atoms with van der Waals surface area (Å²) < 4.78 is 5.20. The molecular weight excluding hydrogens is 311 g/mol. The first kappa shape index (κ1) is 16.5. The van der Waals surface area contributed by atoms with E-state index in [1.807, 2.05) is 0 Å². The summed E-state index contributed by atoms with van der Waals surface area (Å²) in [5.74, 6) is -0.218. The summed E-state index contributed by atoms with van der Waals surface area (Å²) in [4.78, 5) is 12.1. The third kappa shape index (κ3) is 3.97. The number of benzene rings is 1. The van der Waals surface area contributed by atoms with Gasteiger partial charge in [0.2, 0.25) is 5.91 Å². The first-order chi connectivity index (χ1) is 8.51. The van der Waals surface area contributed by atoms with E-state index in [9.17, 15) is 4.79 Å². The molecule has 1 aromatic rings. The van der Waals surface area contributed by atoms with Crippen molar-refractivity contribution < 1.29 is 9.53 Å². The summed E-state index contributed by atoms with van der Waals surface area (Å²) in [6.07, 6.45) is 1.03. The highest BCUT2D eigenvalue weighted by Gasteiger charge is 2.35. The maximum atomic E-state index is 12.1. The number of ether oxygens (including phenoxy) is 1. The topological polar surface area (TPSA) is 64.4 Å². The van der Waals surface area contributed by atoms with Gasteiger partial charge in [-0.3, -0.25) is 4.79 Å². The van der Waals surface area contributed by atoms with Crippen LogP contribution in [0.3, 0.4) is 0 Å². The Morgan fingerprint density at radius 1 is 1.26 bits per heavy atom. The molecule has 1 aromatic carbocycles. The monoisotopic (exact) mass is 324 g/mol. The van der Waals surface area contributed by atoms with Crippen LogP contribution in [-0.2, 0) is 9.53 Å². The van der Waals surface area contributed by atoms with Gasteiger partial charge >= 0.3 is 0 Å². The Morgan fingerprint density at radius 2 is 1.89 bits per heavy atom. The fraction of sp³-hybridized carbons (Fsp3) is 0.417. The van der Waals surface area contributed by atoms with E-state index < -0.39 is 5.54 Å². The lowest BCUT2D eigenvalue weighted by molar-refractivity contribution is -0.124. The first-order valence-corrected chi connectivity index (χ1v) is 6.40. The lowest BCUT2D eigenvalue weighted by Gasteiger charge is -2.31. The zero-order valence-electron chi connectivity index (χ0n) is 10.1. The van der Waals surface area contributed by atoms with Gasteiger partial charge in [-0.15, -0.1) is 12.4 Å². The van der Waals surface area contributed by atoms with E-state index in [-0.39, 0.29) is 18.3 Å². The normalized spacial score (nSPS) is 17.4. The van der Waals surface area contributed by atoms with Crippen LogP contribution in [0.5, 0.6) is 0 Å². The molecule has 0 radical (unpaired) electrons. The minimum absolute atomic E-state index is 0. The highest BCUT2D eigenvalue weighted by atomic mass is 35.5. The molecule has 0 spiro atoms. The Kier molecular flexibility index (Phi) is 5.89. The molecule has 106 valence electrons. The first-order valence-electron chi connectivity index (χ1n) is 5.64. The molecule has 1 aliphatic heterocycles. The minimum Gasteiger partial charge on any atom is -0.381 e. The van der Waals surface area contributed by atoms with Gasteiger partial charge in [0.15, 0.2) is 0 Å². The number of anilines is 1. The second-order valence-electron chi connectivity index (χ2n) is 4.35. The van der Waals surface area contributed by atoms with Crippen molar-refractivity contribution in [1.82, 2.24) is 0 Å². The molecule has 1 heterocycles. The molecule has 7 heteroatoms. The lowest BCUT2D eigenvalue weighted by Crippen LogP contribution is -2.54. The molecule has 0 saturated carbocycles. The van der Waals surface area contributed by atoms with Gasteiger partial charge in [0.05, 0.1) is 10.0 Å². The summed E-state index contributed by atoms with van der Waals surface area (Å²) in [6, 6.07) is 4.92. The largest absolute Gasteiger partial charge is 0.381 e. The van der Waals surface area contributed by atoms with E-state index in [0.29, 0.717) is 41.8 Å². The van der Waals surface area contributed by atoms with Gasteiger partial charge in [-0.25, -0.2) is 0 Å². The van der Waals surface area contributed by atoms with E-state index in [1.165, 1.54) is 0 Å². The van der Waals surface area contributed by atoms with Crippen molar-refractivity contribution in [2.45, 2.75) is 18.4 Å². The van der Waals surface area contributed by atoms with E-state index in [4.69, 9.17) is 33.7 Å². The number of hydrogen-bond acceptors (Lipinski definition) is 3. The predicted octanol–water partition coefficient (Wildman–Crippen LogP) is 2.86. The SMILES string of the molecule is Cl.NC1(C(=O)Nc2ccc(Cl)c(Cl)c2)CCOCC1. The molecule has 2 rings (SSSR count). The molecule has 1 amide bonds. The number of rotatable bonds is 2.